The van der Waals surface area contributed by atoms with Gasteiger partial charge < -0.3 is 5.32 Å². The van der Waals surface area contributed by atoms with E-state index < -0.39 is 12.1 Å². The van der Waals surface area contributed by atoms with Crippen molar-refractivity contribution < 1.29 is 9.59 Å². The van der Waals surface area contributed by atoms with Crippen LogP contribution in [0.4, 0.5) is 10.5 Å². The number of rotatable bonds is 5. The molecule has 1 unspecified atom stereocenters. The predicted molar refractivity (Wildman–Crippen MR) is 108 cm³/mol. The van der Waals surface area contributed by atoms with E-state index in [9.17, 15) is 9.59 Å². The summed E-state index contributed by atoms with van der Waals surface area (Å²) in [6.45, 7) is 6.27. The fourth-order valence-corrected chi connectivity index (χ4v) is 2.97. The van der Waals surface area contributed by atoms with Crippen LogP contribution in [0.2, 0.25) is 0 Å². The van der Waals surface area contributed by atoms with Crippen LogP contribution in [0.3, 0.4) is 0 Å². The zero-order chi connectivity index (χ0) is 19.3. The molecule has 0 aliphatic heterocycles. The van der Waals surface area contributed by atoms with Gasteiger partial charge in [-0.1, -0.05) is 51.8 Å². The van der Waals surface area contributed by atoms with Crippen molar-refractivity contribution in [2.75, 3.05) is 12.4 Å². The normalized spacial score (nSPS) is 11.9. The molecule has 138 valence electrons. The highest BCUT2D eigenvalue weighted by atomic mass is 79.9. The van der Waals surface area contributed by atoms with Crippen molar-refractivity contribution in [3.8, 4) is 0 Å². The number of amides is 3. The first-order chi connectivity index (χ1) is 12.3. The van der Waals surface area contributed by atoms with E-state index in [-0.39, 0.29) is 5.91 Å². The lowest BCUT2D eigenvalue weighted by atomic mass is 10.1. The van der Waals surface area contributed by atoms with Crippen molar-refractivity contribution >= 4 is 33.6 Å². The first-order valence-corrected chi connectivity index (χ1v) is 9.20. The molecule has 0 saturated carbocycles. The lowest BCUT2D eigenvalue weighted by Crippen LogP contribution is -2.46. The molecule has 2 N–H and O–H groups in total. The number of aryl methyl sites for hydroxylation is 2. The highest BCUT2D eigenvalue weighted by molar-refractivity contribution is 9.10. The highest BCUT2D eigenvalue weighted by Crippen LogP contribution is 2.18. The number of hydrogen-bond donors (Lipinski definition) is 2. The smallest absolute Gasteiger partial charge is 0.307 e. The second kappa shape index (κ2) is 8.96. The number of hydrogen-bond acceptors (Lipinski definition) is 3. The molecule has 2 rings (SSSR count). The van der Waals surface area contributed by atoms with Gasteiger partial charge in [0, 0.05) is 16.7 Å². The summed E-state index contributed by atoms with van der Waals surface area (Å²) in [5.74, 6) is -0.346. The Morgan fingerprint density at radius 2 is 1.85 bits per heavy atom. The quantitative estimate of drug-likeness (QED) is 0.764. The molecule has 6 heteroatoms. The molecule has 5 nitrogen and oxygen atoms in total. The van der Waals surface area contributed by atoms with Crippen LogP contribution in [0.5, 0.6) is 0 Å². The largest absolute Gasteiger partial charge is 0.325 e. The Morgan fingerprint density at radius 3 is 2.50 bits per heavy atom. The fraction of sp³-hybridized carbons (Fsp3) is 0.300. The van der Waals surface area contributed by atoms with E-state index in [0.717, 1.165) is 21.2 Å². The van der Waals surface area contributed by atoms with E-state index in [1.54, 1.807) is 6.92 Å². The molecule has 0 bridgehead atoms. The van der Waals surface area contributed by atoms with Crippen LogP contribution in [0.25, 0.3) is 0 Å². The van der Waals surface area contributed by atoms with Gasteiger partial charge in [0.25, 0.3) is 0 Å². The first kappa shape index (κ1) is 20.1. The molecule has 0 fully saturated rings. The minimum Gasteiger partial charge on any atom is -0.307 e. The van der Waals surface area contributed by atoms with E-state index >= 15 is 0 Å². The standard InChI is InChI=1S/C20H24BrN3O2/c1-13-9-10-18(14(2)11-13)22-20(26)23-19(25)15(3)24(4)12-16-7-5-6-8-17(16)21/h5-11,15H,12H2,1-4H3,(H2,22,23,25,26). The second-order valence-electron chi connectivity index (χ2n) is 6.44. The Morgan fingerprint density at radius 1 is 1.15 bits per heavy atom. The van der Waals surface area contributed by atoms with Crippen LogP contribution in [-0.2, 0) is 11.3 Å². The summed E-state index contributed by atoms with van der Waals surface area (Å²) in [5.41, 5.74) is 3.84. The number of imide groups is 1. The topological polar surface area (TPSA) is 61.4 Å². The summed E-state index contributed by atoms with van der Waals surface area (Å²) < 4.78 is 0.993. The monoisotopic (exact) mass is 417 g/mol. The lowest BCUT2D eigenvalue weighted by Gasteiger charge is -2.24. The Hall–Kier alpha value is -2.18. The Balaban J connectivity index is 1.93. The van der Waals surface area contributed by atoms with Crippen molar-refractivity contribution in [1.82, 2.24) is 10.2 Å². The van der Waals surface area contributed by atoms with Gasteiger partial charge in [0.15, 0.2) is 0 Å². The number of anilines is 1. The molecule has 0 spiro atoms. The zero-order valence-electron chi connectivity index (χ0n) is 15.5. The number of halogens is 1. The molecule has 26 heavy (non-hydrogen) atoms. The van der Waals surface area contributed by atoms with Gasteiger partial charge in [-0.3, -0.25) is 15.0 Å². The van der Waals surface area contributed by atoms with Crippen LogP contribution >= 0.6 is 15.9 Å². The molecular weight excluding hydrogens is 394 g/mol. The molecule has 0 aromatic heterocycles. The molecule has 3 amide bonds. The summed E-state index contributed by atoms with van der Waals surface area (Å²) in [6, 6.07) is 12.6. The predicted octanol–water partition coefficient (Wildman–Crippen LogP) is 4.23. The number of nitrogens with zero attached hydrogens (tertiary/aromatic N) is 1. The van der Waals surface area contributed by atoms with Gasteiger partial charge in [0.05, 0.1) is 6.04 Å². The van der Waals surface area contributed by atoms with Crippen LogP contribution < -0.4 is 10.6 Å². The number of nitrogens with one attached hydrogen (secondary N) is 2. The summed E-state index contributed by atoms with van der Waals surface area (Å²) >= 11 is 3.51. The van der Waals surface area contributed by atoms with Crippen LogP contribution in [-0.4, -0.2) is 29.9 Å². The van der Waals surface area contributed by atoms with Gasteiger partial charge >= 0.3 is 6.03 Å². The number of urea groups is 1. The van der Waals surface area contributed by atoms with E-state index in [1.165, 1.54) is 0 Å². The fourth-order valence-electron chi connectivity index (χ4n) is 2.56. The Labute approximate surface area is 162 Å². The molecule has 2 aromatic carbocycles. The average molecular weight is 418 g/mol. The molecule has 0 heterocycles. The van der Waals surface area contributed by atoms with Crippen molar-refractivity contribution in [2.24, 2.45) is 0 Å². The summed E-state index contributed by atoms with van der Waals surface area (Å²) in [7, 11) is 1.85. The summed E-state index contributed by atoms with van der Waals surface area (Å²) in [6.07, 6.45) is 0. The number of carbonyl (C=O) groups is 2. The van der Waals surface area contributed by atoms with Crippen LogP contribution in [0, 0.1) is 13.8 Å². The lowest BCUT2D eigenvalue weighted by molar-refractivity contribution is -0.124. The van der Waals surface area contributed by atoms with Crippen molar-refractivity contribution in [3.63, 3.8) is 0 Å². The van der Waals surface area contributed by atoms with Crippen LogP contribution in [0.15, 0.2) is 46.9 Å². The first-order valence-electron chi connectivity index (χ1n) is 8.40. The molecule has 0 radical (unpaired) electrons. The van der Waals surface area contributed by atoms with Gasteiger partial charge in [0.1, 0.15) is 0 Å². The summed E-state index contributed by atoms with van der Waals surface area (Å²) in [5, 5.41) is 5.13. The average Bonchev–Trinajstić information content (AvgIpc) is 2.58. The van der Waals surface area contributed by atoms with Crippen LogP contribution in [0.1, 0.15) is 23.6 Å². The third kappa shape index (κ3) is 5.41. The number of carbonyl (C=O) groups excluding carboxylic acids is 2. The molecule has 1 atom stereocenters. The third-order valence-electron chi connectivity index (χ3n) is 4.29. The minimum absolute atomic E-state index is 0.346. The van der Waals surface area contributed by atoms with Crippen molar-refractivity contribution in [3.05, 3.63) is 63.6 Å². The van der Waals surface area contributed by atoms with Crippen molar-refractivity contribution in [2.45, 2.75) is 33.4 Å². The molecule has 0 aliphatic carbocycles. The summed E-state index contributed by atoms with van der Waals surface area (Å²) in [4.78, 5) is 26.4. The van der Waals surface area contributed by atoms with E-state index in [1.807, 2.05) is 68.3 Å². The Bertz CT molecular complexity index is 807. The van der Waals surface area contributed by atoms with Gasteiger partial charge in [-0.05, 0) is 51.1 Å². The van der Waals surface area contributed by atoms with Gasteiger partial charge in [-0.25, -0.2) is 4.79 Å². The van der Waals surface area contributed by atoms with Gasteiger partial charge in [-0.15, -0.1) is 0 Å². The third-order valence-corrected chi connectivity index (χ3v) is 5.06. The maximum atomic E-state index is 12.4. The minimum atomic E-state index is -0.525. The van der Waals surface area contributed by atoms with E-state index in [0.29, 0.717) is 12.2 Å². The maximum Gasteiger partial charge on any atom is 0.325 e. The Kier molecular flexibility index (Phi) is 6.94. The van der Waals surface area contributed by atoms with Gasteiger partial charge in [-0.2, -0.15) is 0 Å². The molecule has 2 aromatic rings. The molecule has 0 aliphatic rings. The van der Waals surface area contributed by atoms with E-state index in [2.05, 4.69) is 26.6 Å². The van der Waals surface area contributed by atoms with Crippen molar-refractivity contribution in [1.29, 1.82) is 0 Å². The second-order valence-corrected chi connectivity index (χ2v) is 7.30. The zero-order valence-corrected chi connectivity index (χ0v) is 17.1. The molecule has 0 saturated heterocycles. The number of likely N-dealkylation sites (N-methyl/N-ethyl adjacent to an activating group) is 1. The SMILES string of the molecule is Cc1ccc(NC(=O)NC(=O)C(C)N(C)Cc2ccccc2Br)c(C)c1. The van der Waals surface area contributed by atoms with E-state index in [4.69, 9.17) is 0 Å². The maximum absolute atomic E-state index is 12.4. The van der Waals surface area contributed by atoms with Gasteiger partial charge in [0.2, 0.25) is 5.91 Å². The number of benzene rings is 2. The molecular formula is C20H24BrN3O2. The highest BCUT2D eigenvalue weighted by Gasteiger charge is 2.21.